The molecule has 3 aromatic rings. The van der Waals surface area contributed by atoms with Crippen molar-refractivity contribution in [2.45, 2.75) is 6.42 Å². The summed E-state index contributed by atoms with van der Waals surface area (Å²) in [4.78, 5) is 29.4. The molecule has 0 bridgehead atoms. The molecule has 176 valence electrons. The quantitative estimate of drug-likeness (QED) is 0.412. The summed E-state index contributed by atoms with van der Waals surface area (Å²) in [5.41, 5.74) is 0.296. The van der Waals surface area contributed by atoms with Crippen molar-refractivity contribution in [3.8, 4) is 5.75 Å². The molecule has 0 aliphatic carbocycles. The Morgan fingerprint density at radius 1 is 1.30 bits per heavy atom. The maximum Gasteiger partial charge on any atom is 0.267 e. The molecule has 2 heterocycles. The second-order valence-corrected chi connectivity index (χ2v) is 9.15. The highest BCUT2D eigenvalue weighted by Crippen LogP contribution is 2.27. The number of ether oxygens (including phenoxy) is 1. The molecule has 0 fully saturated rings. The van der Waals surface area contributed by atoms with Crippen molar-refractivity contribution in [2.75, 3.05) is 31.2 Å². The highest BCUT2D eigenvalue weighted by atomic mass is 32.2. The lowest BCUT2D eigenvalue weighted by Crippen LogP contribution is -2.34. The van der Waals surface area contributed by atoms with Crippen LogP contribution in [-0.4, -0.2) is 55.5 Å². The number of methoxy groups -OCH3 is 1. The van der Waals surface area contributed by atoms with Crippen molar-refractivity contribution < 1.29 is 27.4 Å². The minimum absolute atomic E-state index is 0.0475. The van der Waals surface area contributed by atoms with Crippen molar-refractivity contribution in [3.05, 3.63) is 63.3 Å². The number of fused-ring (bicyclic) bond motifs is 1. The number of carbonyl (C=O) groups is 1. The number of nitrogens with zero attached hydrogens (tertiary/aromatic N) is 2. The SMILES string of the molecule is COCCNC(=O)c1c(O)c2ncc(Cc3ccc(F)cc3NS(C)(=O)=O)cc2n(C)c1=O. The van der Waals surface area contributed by atoms with Gasteiger partial charge in [-0.2, -0.15) is 0 Å². The lowest BCUT2D eigenvalue weighted by atomic mass is 10.0. The number of benzene rings is 1. The van der Waals surface area contributed by atoms with E-state index < -0.39 is 38.6 Å². The van der Waals surface area contributed by atoms with E-state index in [1.807, 2.05) is 0 Å². The van der Waals surface area contributed by atoms with Crippen LogP contribution in [0.1, 0.15) is 21.5 Å². The standard InChI is InChI=1S/C21H23FN4O6S/c1-26-16-9-12(8-13-4-5-14(22)10-15(13)25-33(3,30)31)11-24-18(16)19(27)17(21(26)29)20(28)23-6-7-32-2/h4-5,9-11,25,27H,6-8H2,1-3H3,(H,23,28). The summed E-state index contributed by atoms with van der Waals surface area (Å²) in [5, 5.41) is 13.1. The molecule has 12 heteroatoms. The van der Waals surface area contributed by atoms with Gasteiger partial charge in [0.15, 0.2) is 5.75 Å². The zero-order valence-electron chi connectivity index (χ0n) is 18.2. The van der Waals surface area contributed by atoms with Gasteiger partial charge < -0.3 is 19.7 Å². The number of nitrogens with one attached hydrogen (secondary N) is 2. The number of sulfonamides is 1. The Morgan fingerprint density at radius 2 is 2.03 bits per heavy atom. The number of aromatic hydroxyl groups is 1. The van der Waals surface area contributed by atoms with Crippen LogP contribution >= 0.6 is 0 Å². The number of halogens is 1. The van der Waals surface area contributed by atoms with E-state index >= 15 is 0 Å². The summed E-state index contributed by atoms with van der Waals surface area (Å²) >= 11 is 0. The Bertz CT molecular complexity index is 1390. The molecule has 0 aliphatic rings. The van der Waals surface area contributed by atoms with Gasteiger partial charge in [0.05, 0.1) is 24.1 Å². The van der Waals surface area contributed by atoms with Gasteiger partial charge in [-0.15, -0.1) is 0 Å². The lowest BCUT2D eigenvalue weighted by molar-refractivity contribution is 0.0932. The second-order valence-electron chi connectivity index (χ2n) is 7.40. The van der Waals surface area contributed by atoms with Gasteiger partial charge in [-0.25, -0.2) is 12.8 Å². The van der Waals surface area contributed by atoms with Crippen molar-refractivity contribution >= 4 is 32.7 Å². The first-order chi connectivity index (χ1) is 15.5. The molecule has 0 saturated heterocycles. The van der Waals surface area contributed by atoms with E-state index in [0.29, 0.717) is 11.1 Å². The number of carbonyl (C=O) groups excluding carboxylic acids is 1. The van der Waals surface area contributed by atoms with E-state index in [1.54, 1.807) is 6.07 Å². The van der Waals surface area contributed by atoms with Gasteiger partial charge in [0.1, 0.15) is 16.9 Å². The Morgan fingerprint density at radius 3 is 2.70 bits per heavy atom. The van der Waals surface area contributed by atoms with Gasteiger partial charge in [-0.05, 0) is 29.3 Å². The monoisotopic (exact) mass is 478 g/mol. The molecule has 0 saturated carbocycles. The first-order valence-corrected chi connectivity index (χ1v) is 11.6. The largest absolute Gasteiger partial charge is 0.505 e. The van der Waals surface area contributed by atoms with Crippen molar-refractivity contribution in [3.63, 3.8) is 0 Å². The van der Waals surface area contributed by atoms with Crippen LogP contribution in [0, 0.1) is 5.82 Å². The summed E-state index contributed by atoms with van der Waals surface area (Å²) in [5.74, 6) is -1.90. The maximum absolute atomic E-state index is 13.7. The van der Waals surface area contributed by atoms with Gasteiger partial charge in [-0.1, -0.05) is 6.07 Å². The number of amides is 1. The Kier molecular flexibility index (Phi) is 6.98. The summed E-state index contributed by atoms with van der Waals surface area (Å²) in [6.45, 7) is 0.394. The van der Waals surface area contributed by atoms with E-state index in [9.17, 15) is 27.5 Å². The van der Waals surface area contributed by atoms with Crippen molar-refractivity contribution in [1.29, 1.82) is 0 Å². The fourth-order valence-electron chi connectivity index (χ4n) is 3.30. The first-order valence-electron chi connectivity index (χ1n) is 9.75. The molecule has 33 heavy (non-hydrogen) atoms. The van der Waals surface area contributed by atoms with E-state index in [4.69, 9.17) is 4.74 Å². The van der Waals surface area contributed by atoms with Crippen LogP contribution < -0.4 is 15.6 Å². The fourth-order valence-corrected chi connectivity index (χ4v) is 3.89. The first kappa shape index (κ1) is 24.1. The number of hydrogen-bond acceptors (Lipinski definition) is 7. The molecule has 1 amide bonds. The highest BCUT2D eigenvalue weighted by Gasteiger charge is 2.22. The molecule has 3 rings (SSSR count). The predicted octanol–water partition coefficient (Wildman–Crippen LogP) is 1.12. The Labute approximate surface area is 189 Å². The number of pyridine rings is 2. The average molecular weight is 479 g/mol. The molecule has 0 aliphatic heterocycles. The smallest absolute Gasteiger partial charge is 0.267 e. The number of aromatic nitrogens is 2. The summed E-state index contributed by atoms with van der Waals surface area (Å²) in [7, 11) is -0.734. The number of rotatable bonds is 8. The number of hydrogen-bond donors (Lipinski definition) is 3. The zero-order chi connectivity index (χ0) is 24.3. The van der Waals surface area contributed by atoms with E-state index in [0.717, 1.165) is 12.3 Å². The molecule has 0 atom stereocenters. The third-order valence-electron chi connectivity index (χ3n) is 4.85. The molecule has 0 unspecified atom stereocenters. The topological polar surface area (TPSA) is 140 Å². The third kappa shape index (κ3) is 5.46. The molecule has 1 aromatic carbocycles. The molecule has 0 spiro atoms. The molecule has 3 N–H and O–H groups in total. The predicted molar refractivity (Wildman–Crippen MR) is 121 cm³/mol. The summed E-state index contributed by atoms with van der Waals surface area (Å²) in [6.07, 6.45) is 2.54. The zero-order valence-corrected chi connectivity index (χ0v) is 19.0. The molecule has 2 aromatic heterocycles. The molecule has 0 radical (unpaired) electrons. The van der Waals surface area contributed by atoms with Gasteiger partial charge >= 0.3 is 0 Å². The number of anilines is 1. The van der Waals surface area contributed by atoms with Crippen LogP contribution in [0.2, 0.25) is 0 Å². The van der Waals surface area contributed by atoms with Gasteiger partial charge in [0.2, 0.25) is 10.0 Å². The molecule has 10 nitrogen and oxygen atoms in total. The average Bonchev–Trinajstić information content (AvgIpc) is 2.73. The Balaban J connectivity index is 2.02. The molecular weight excluding hydrogens is 455 g/mol. The van der Waals surface area contributed by atoms with Gasteiger partial charge in [-0.3, -0.25) is 19.3 Å². The Hall–Kier alpha value is -3.51. The van der Waals surface area contributed by atoms with Crippen LogP contribution in [0.25, 0.3) is 11.0 Å². The number of aryl methyl sites for hydroxylation is 1. The normalized spacial score (nSPS) is 11.5. The third-order valence-corrected chi connectivity index (χ3v) is 5.44. The molecular formula is C21H23FN4O6S. The minimum atomic E-state index is -3.64. The van der Waals surface area contributed by atoms with Crippen LogP contribution in [0.5, 0.6) is 5.75 Å². The van der Waals surface area contributed by atoms with Crippen LogP contribution in [-0.2, 0) is 28.2 Å². The van der Waals surface area contributed by atoms with E-state index in [1.165, 1.54) is 37.1 Å². The lowest BCUT2D eigenvalue weighted by Gasteiger charge is -2.14. The second kappa shape index (κ2) is 9.55. The van der Waals surface area contributed by atoms with Crippen molar-refractivity contribution in [1.82, 2.24) is 14.9 Å². The summed E-state index contributed by atoms with van der Waals surface area (Å²) in [6, 6.07) is 5.30. The highest BCUT2D eigenvalue weighted by molar-refractivity contribution is 7.92. The maximum atomic E-state index is 13.7. The fraction of sp³-hybridized carbons (Fsp3) is 0.286. The minimum Gasteiger partial charge on any atom is -0.505 e. The van der Waals surface area contributed by atoms with Crippen LogP contribution in [0.4, 0.5) is 10.1 Å². The van der Waals surface area contributed by atoms with Gasteiger partial charge in [0, 0.05) is 33.3 Å². The van der Waals surface area contributed by atoms with E-state index in [2.05, 4.69) is 15.0 Å². The van der Waals surface area contributed by atoms with Gasteiger partial charge in [0.25, 0.3) is 11.5 Å². The van der Waals surface area contributed by atoms with Crippen molar-refractivity contribution in [2.24, 2.45) is 7.05 Å². The summed E-state index contributed by atoms with van der Waals surface area (Å²) < 4.78 is 45.2. The van der Waals surface area contributed by atoms with Crippen LogP contribution in [0.3, 0.4) is 0 Å². The van der Waals surface area contributed by atoms with Crippen LogP contribution in [0.15, 0.2) is 35.3 Å². The van der Waals surface area contributed by atoms with E-state index in [-0.39, 0.29) is 36.3 Å².